The second kappa shape index (κ2) is 7.27. The zero-order chi connectivity index (χ0) is 15.2. The highest BCUT2D eigenvalue weighted by atomic mass is 79.9. The molecular weight excluding hydrogens is 332 g/mol. The lowest BCUT2D eigenvalue weighted by atomic mass is 10.1. The van der Waals surface area contributed by atoms with E-state index in [1.807, 2.05) is 50.2 Å². The van der Waals surface area contributed by atoms with Gasteiger partial charge in [0.25, 0.3) is 0 Å². The van der Waals surface area contributed by atoms with E-state index in [0.29, 0.717) is 12.4 Å². The summed E-state index contributed by atoms with van der Waals surface area (Å²) in [7, 11) is 0. The number of carbonyl (C=O) groups is 1. The van der Waals surface area contributed by atoms with Crippen molar-refractivity contribution in [3.8, 4) is 16.9 Å². The van der Waals surface area contributed by atoms with Gasteiger partial charge in [0.2, 0.25) is 0 Å². The van der Waals surface area contributed by atoms with Gasteiger partial charge >= 0.3 is 6.16 Å². The van der Waals surface area contributed by atoms with Gasteiger partial charge < -0.3 is 9.47 Å². The van der Waals surface area contributed by atoms with Crippen LogP contribution >= 0.6 is 15.9 Å². The minimum atomic E-state index is -0.669. The molecule has 0 atom stereocenters. The van der Waals surface area contributed by atoms with Crippen molar-refractivity contribution in [1.29, 1.82) is 0 Å². The number of rotatable bonds is 4. The molecule has 0 saturated heterocycles. The van der Waals surface area contributed by atoms with Crippen LogP contribution in [0.5, 0.6) is 5.75 Å². The van der Waals surface area contributed by atoms with E-state index in [1.165, 1.54) is 0 Å². The molecule has 2 aromatic rings. The molecule has 0 radical (unpaired) electrons. The maximum atomic E-state index is 11.5. The van der Waals surface area contributed by atoms with Crippen LogP contribution in [0.4, 0.5) is 4.79 Å². The Morgan fingerprint density at radius 1 is 1.10 bits per heavy atom. The van der Waals surface area contributed by atoms with Crippen LogP contribution in [0.1, 0.15) is 13.8 Å². The van der Waals surface area contributed by atoms with Crippen molar-refractivity contribution in [3.05, 3.63) is 53.0 Å². The average Bonchev–Trinajstić information content (AvgIpc) is 2.47. The van der Waals surface area contributed by atoms with E-state index in [4.69, 9.17) is 9.47 Å². The number of carbonyl (C=O) groups excluding carboxylic acids is 1. The van der Waals surface area contributed by atoms with Crippen molar-refractivity contribution in [3.63, 3.8) is 0 Å². The van der Waals surface area contributed by atoms with Gasteiger partial charge in [0.1, 0.15) is 5.75 Å². The third-order valence-electron chi connectivity index (χ3n) is 2.77. The standard InChI is InChI=1S/C17H17BrO3/c1-12(2)11-20-17(19)21-14-9-7-13(8-10-14)15-5-3-4-6-16(15)18/h3-10,12H,11H2,1-2H3. The van der Waals surface area contributed by atoms with Gasteiger partial charge in [0.15, 0.2) is 0 Å². The first kappa shape index (κ1) is 15.6. The van der Waals surface area contributed by atoms with Crippen LogP contribution in [0.2, 0.25) is 0 Å². The van der Waals surface area contributed by atoms with Crippen molar-refractivity contribution in [1.82, 2.24) is 0 Å². The highest BCUT2D eigenvalue weighted by Crippen LogP contribution is 2.29. The first-order valence-corrected chi connectivity index (χ1v) is 7.55. The Labute approximate surface area is 133 Å². The summed E-state index contributed by atoms with van der Waals surface area (Å²) in [4.78, 5) is 11.5. The highest BCUT2D eigenvalue weighted by molar-refractivity contribution is 9.10. The van der Waals surface area contributed by atoms with Gasteiger partial charge in [-0.25, -0.2) is 4.79 Å². The lowest BCUT2D eigenvalue weighted by Gasteiger charge is -2.09. The number of hydrogen-bond donors (Lipinski definition) is 0. The van der Waals surface area contributed by atoms with E-state index in [2.05, 4.69) is 15.9 Å². The molecule has 2 rings (SSSR count). The first-order chi connectivity index (χ1) is 10.1. The molecule has 0 aliphatic rings. The summed E-state index contributed by atoms with van der Waals surface area (Å²) < 4.78 is 11.1. The van der Waals surface area contributed by atoms with Crippen LogP contribution in [0.25, 0.3) is 11.1 Å². The number of benzene rings is 2. The number of ether oxygens (including phenoxy) is 2. The molecule has 0 N–H and O–H groups in total. The normalized spacial score (nSPS) is 10.5. The number of hydrogen-bond acceptors (Lipinski definition) is 3. The maximum absolute atomic E-state index is 11.5. The van der Waals surface area contributed by atoms with E-state index >= 15 is 0 Å². The van der Waals surface area contributed by atoms with Crippen LogP contribution < -0.4 is 4.74 Å². The molecule has 2 aromatic carbocycles. The Hall–Kier alpha value is -1.81. The fourth-order valence-corrected chi connectivity index (χ4v) is 2.27. The second-order valence-corrected chi connectivity index (χ2v) is 5.92. The molecule has 0 amide bonds. The van der Waals surface area contributed by atoms with Crippen LogP contribution in [-0.4, -0.2) is 12.8 Å². The predicted octanol–water partition coefficient (Wildman–Crippen LogP) is 5.29. The van der Waals surface area contributed by atoms with Gasteiger partial charge in [-0.3, -0.25) is 0 Å². The Morgan fingerprint density at radius 3 is 2.38 bits per heavy atom. The van der Waals surface area contributed by atoms with Gasteiger partial charge in [-0.2, -0.15) is 0 Å². The molecule has 0 saturated carbocycles. The lowest BCUT2D eigenvalue weighted by molar-refractivity contribution is 0.0886. The Balaban J connectivity index is 2.03. The summed E-state index contributed by atoms with van der Waals surface area (Å²) in [6, 6.07) is 15.3. The minimum Gasteiger partial charge on any atom is -0.434 e. The molecule has 0 heterocycles. The summed E-state index contributed by atoms with van der Waals surface area (Å²) in [6.07, 6.45) is -0.669. The molecule has 0 fully saturated rings. The Morgan fingerprint density at radius 2 is 1.76 bits per heavy atom. The van der Waals surface area contributed by atoms with E-state index in [-0.39, 0.29) is 5.92 Å². The topological polar surface area (TPSA) is 35.5 Å². The van der Waals surface area contributed by atoms with E-state index in [9.17, 15) is 4.79 Å². The van der Waals surface area contributed by atoms with Gasteiger partial charge in [-0.05, 0) is 35.2 Å². The first-order valence-electron chi connectivity index (χ1n) is 6.76. The Bertz CT molecular complexity index is 606. The molecule has 21 heavy (non-hydrogen) atoms. The molecule has 4 heteroatoms. The van der Waals surface area contributed by atoms with Crippen molar-refractivity contribution in [2.75, 3.05) is 6.61 Å². The fourth-order valence-electron chi connectivity index (χ4n) is 1.76. The SMILES string of the molecule is CC(C)COC(=O)Oc1ccc(-c2ccccc2Br)cc1. The second-order valence-electron chi connectivity index (χ2n) is 5.06. The summed E-state index contributed by atoms with van der Waals surface area (Å²) in [6.45, 7) is 4.30. The molecule has 0 aromatic heterocycles. The molecular formula is C17H17BrO3. The van der Waals surface area contributed by atoms with Gasteiger partial charge in [0.05, 0.1) is 6.61 Å². The van der Waals surface area contributed by atoms with E-state index in [1.54, 1.807) is 12.1 Å². The lowest BCUT2D eigenvalue weighted by Crippen LogP contribution is -2.14. The highest BCUT2D eigenvalue weighted by Gasteiger charge is 2.08. The third-order valence-corrected chi connectivity index (χ3v) is 3.47. The van der Waals surface area contributed by atoms with Crippen LogP contribution in [0, 0.1) is 5.92 Å². The van der Waals surface area contributed by atoms with Crippen molar-refractivity contribution in [2.24, 2.45) is 5.92 Å². The summed E-state index contributed by atoms with van der Waals surface area (Å²) in [5.74, 6) is 0.759. The quantitative estimate of drug-likeness (QED) is 0.556. The maximum Gasteiger partial charge on any atom is 0.513 e. The summed E-state index contributed by atoms with van der Waals surface area (Å²) in [5, 5.41) is 0. The zero-order valence-electron chi connectivity index (χ0n) is 12.0. The largest absolute Gasteiger partial charge is 0.513 e. The van der Waals surface area contributed by atoms with Crippen molar-refractivity contribution in [2.45, 2.75) is 13.8 Å². The summed E-state index contributed by atoms with van der Waals surface area (Å²) >= 11 is 3.52. The molecule has 110 valence electrons. The summed E-state index contributed by atoms with van der Waals surface area (Å²) in [5.41, 5.74) is 2.14. The van der Waals surface area contributed by atoms with Gasteiger partial charge in [-0.15, -0.1) is 0 Å². The molecule has 0 aliphatic carbocycles. The van der Waals surface area contributed by atoms with Crippen molar-refractivity contribution >= 4 is 22.1 Å². The molecule has 0 unspecified atom stereocenters. The van der Waals surface area contributed by atoms with Crippen molar-refractivity contribution < 1.29 is 14.3 Å². The molecule has 0 aliphatic heterocycles. The zero-order valence-corrected chi connectivity index (χ0v) is 13.6. The van der Waals surface area contributed by atoms with Crippen LogP contribution in [0.15, 0.2) is 53.0 Å². The average molecular weight is 349 g/mol. The van der Waals surface area contributed by atoms with E-state index in [0.717, 1.165) is 15.6 Å². The van der Waals surface area contributed by atoms with Gasteiger partial charge in [0, 0.05) is 4.47 Å². The minimum absolute atomic E-state index is 0.287. The number of halogens is 1. The van der Waals surface area contributed by atoms with Gasteiger partial charge in [-0.1, -0.05) is 60.1 Å². The van der Waals surface area contributed by atoms with Crippen LogP contribution in [-0.2, 0) is 4.74 Å². The van der Waals surface area contributed by atoms with Crippen LogP contribution in [0.3, 0.4) is 0 Å². The molecule has 0 bridgehead atoms. The monoisotopic (exact) mass is 348 g/mol. The smallest absolute Gasteiger partial charge is 0.434 e. The predicted molar refractivity (Wildman–Crippen MR) is 86.4 cm³/mol. The third kappa shape index (κ3) is 4.60. The molecule has 0 spiro atoms. The van der Waals surface area contributed by atoms with E-state index < -0.39 is 6.16 Å². The fraction of sp³-hybridized carbons (Fsp3) is 0.235. The Kier molecular flexibility index (Phi) is 5.39. The molecule has 3 nitrogen and oxygen atoms in total.